The Morgan fingerprint density at radius 1 is 0.971 bits per heavy atom. The summed E-state index contributed by atoms with van der Waals surface area (Å²) in [5.74, 6) is 1.51. The van der Waals surface area contributed by atoms with Gasteiger partial charge in [-0.1, -0.05) is 18.5 Å². The van der Waals surface area contributed by atoms with Gasteiger partial charge in [0.15, 0.2) is 5.82 Å². The zero-order valence-corrected chi connectivity index (χ0v) is 19.7. The SMILES string of the molecule is CCCN(C)c1nc(-c2ccc(Cl)cc2)nc(N2CCN(c3ncccc3C(F)(F)F)CC2)n1. The van der Waals surface area contributed by atoms with Crippen LogP contribution in [0.25, 0.3) is 11.4 Å². The van der Waals surface area contributed by atoms with Crippen LogP contribution in [0, 0.1) is 0 Å². The van der Waals surface area contributed by atoms with Crippen LogP contribution in [0.1, 0.15) is 18.9 Å². The van der Waals surface area contributed by atoms with Gasteiger partial charge in [0.05, 0.1) is 5.56 Å². The minimum Gasteiger partial charge on any atom is -0.353 e. The van der Waals surface area contributed by atoms with Crippen LogP contribution < -0.4 is 14.7 Å². The average molecular weight is 492 g/mol. The molecule has 1 aromatic carbocycles. The standard InChI is InChI=1S/C23H25ClF3N7/c1-3-11-32(2)21-29-19(16-6-8-17(24)9-7-16)30-22(31-21)34-14-12-33(13-15-34)20-18(23(25,26)27)5-4-10-28-20/h4-10H,3,11-15H2,1-2H3. The van der Waals surface area contributed by atoms with E-state index in [2.05, 4.69) is 26.9 Å². The first kappa shape index (κ1) is 24.0. The number of nitrogens with zero attached hydrogens (tertiary/aromatic N) is 7. The molecule has 3 heterocycles. The zero-order chi connectivity index (χ0) is 24.3. The van der Waals surface area contributed by atoms with Gasteiger partial charge in [-0.15, -0.1) is 0 Å². The summed E-state index contributed by atoms with van der Waals surface area (Å²) in [4.78, 5) is 23.6. The van der Waals surface area contributed by atoms with Crippen molar-refractivity contribution < 1.29 is 13.2 Å². The van der Waals surface area contributed by atoms with Crippen molar-refractivity contribution in [3.8, 4) is 11.4 Å². The highest BCUT2D eigenvalue weighted by Crippen LogP contribution is 2.35. The number of aromatic nitrogens is 4. The maximum absolute atomic E-state index is 13.4. The lowest BCUT2D eigenvalue weighted by Gasteiger charge is -2.36. The Kier molecular flexibility index (Phi) is 7.06. The molecule has 0 atom stereocenters. The molecule has 1 saturated heterocycles. The summed E-state index contributed by atoms with van der Waals surface area (Å²) in [5.41, 5.74) is 0.0817. The smallest absolute Gasteiger partial charge is 0.353 e. The molecule has 1 fully saturated rings. The number of rotatable bonds is 6. The molecule has 11 heteroatoms. The van der Waals surface area contributed by atoms with Crippen molar-refractivity contribution in [3.63, 3.8) is 0 Å². The highest BCUT2D eigenvalue weighted by molar-refractivity contribution is 6.30. The van der Waals surface area contributed by atoms with E-state index in [1.165, 1.54) is 12.3 Å². The van der Waals surface area contributed by atoms with Gasteiger partial charge in [0, 0.05) is 56.6 Å². The van der Waals surface area contributed by atoms with Crippen LogP contribution in [0.3, 0.4) is 0 Å². The maximum atomic E-state index is 13.4. The van der Waals surface area contributed by atoms with Gasteiger partial charge in [-0.2, -0.15) is 28.1 Å². The number of pyridine rings is 1. The van der Waals surface area contributed by atoms with E-state index < -0.39 is 11.7 Å². The predicted octanol–water partition coefficient (Wildman–Crippen LogP) is 4.78. The Morgan fingerprint density at radius 2 is 1.65 bits per heavy atom. The molecule has 0 spiro atoms. The van der Waals surface area contributed by atoms with E-state index in [9.17, 15) is 13.2 Å². The topological polar surface area (TPSA) is 61.3 Å². The van der Waals surface area contributed by atoms with Crippen molar-refractivity contribution in [2.45, 2.75) is 19.5 Å². The highest BCUT2D eigenvalue weighted by Gasteiger charge is 2.36. The summed E-state index contributed by atoms with van der Waals surface area (Å²) in [6, 6.07) is 9.62. The second-order valence-corrected chi connectivity index (χ2v) is 8.47. The van der Waals surface area contributed by atoms with Crippen molar-refractivity contribution in [2.75, 3.05) is 54.5 Å². The first-order chi connectivity index (χ1) is 16.3. The molecule has 180 valence electrons. The van der Waals surface area contributed by atoms with E-state index in [0.717, 1.165) is 24.6 Å². The second kappa shape index (κ2) is 10.0. The third kappa shape index (κ3) is 5.32. The number of halogens is 4. The first-order valence-electron chi connectivity index (χ1n) is 11.0. The van der Waals surface area contributed by atoms with E-state index in [0.29, 0.717) is 48.9 Å². The highest BCUT2D eigenvalue weighted by atomic mass is 35.5. The molecular weight excluding hydrogens is 467 g/mol. The monoisotopic (exact) mass is 491 g/mol. The third-order valence-corrected chi connectivity index (χ3v) is 5.82. The summed E-state index contributed by atoms with van der Waals surface area (Å²) in [6.45, 7) is 4.48. The molecule has 0 amide bonds. The van der Waals surface area contributed by atoms with Gasteiger partial charge in [0.1, 0.15) is 5.82 Å². The molecule has 0 bridgehead atoms. The minimum absolute atomic E-state index is 0.0458. The van der Waals surface area contributed by atoms with E-state index in [1.807, 2.05) is 29.0 Å². The van der Waals surface area contributed by atoms with Crippen LogP contribution in [-0.4, -0.2) is 59.7 Å². The quantitative estimate of drug-likeness (QED) is 0.492. The summed E-state index contributed by atoms with van der Waals surface area (Å²) in [7, 11) is 1.92. The van der Waals surface area contributed by atoms with Crippen LogP contribution in [0.5, 0.6) is 0 Å². The number of alkyl halides is 3. The molecule has 3 aromatic rings. The molecule has 0 unspecified atom stereocenters. The lowest BCUT2D eigenvalue weighted by molar-refractivity contribution is -0.137. The van der Waals surface area contributed by atoms with Gasteiger partial charge in [-0.3, -0.25) is 0 Å². The fourth-order valence-corrected chi connectivity index (χ4v) is 3.94. The van der Waals surface area contributed by atoms with Crippen LogP contribution in [0.4, 0.5) is 30.9 Å². The van der Waals surface area contributed by atoms with Gasteiger partial charge in [-0.05, 0) is 42.8 Å². The molecule has 34 heavy (non-hydrogen) atoms. The molecule has 2 aromatic heterocycles. The molecular formula is C23H25ClF3N7. The van der Waals surface area contributed by atoms with Crippen molar-refractivity contribution in [1.29, 1.82) is 0 Å². The molecule has 1 aliphatic rings. The van der Waals surface area contributed by atoms with Gasteiger partial charge >= 0.3 is 6.18 Å². The van der Waals surface area contributed by atoms with Crippen molar-refractivity contribution >= 4 is 29.3 Å². The summed E-state index contributed by atoms with van der Waals surface area (Å²) in [5, 5.41) is 0.616. The van der Waals surface area contributed by atoms with E-state index >= 15 is 0 Å². The molecule has 0 radical (unpaired) electrons. The Labute approximate surface area is 201 Å². The fraction of sp³-hybridized carbons (Fsp3) is 0.391. The number of anilines is 3. The van der Waals surface area contributed by atoms with E-state index in [1.54, 1.807) is 17.0 Å². The zero-order valence-electron chi connectivity index (χ0n) is 18.9. The largest absolute Gasteiger partial charge is 0.419 e. The normalized spacial score (nSPS) is 14.4. The number of hydrogen-bond donors (Lipinski definition) is 0. The molecule has 1 aliphatic heterocycles. The van der Waals surface area contributed by atoms with Crippen LogP contribution in [-0.2, 0) is 6.18 Å². The lowest BCUT2D eigenvalue weighted by atomic mass is 10.2. The van der Waals surface area contributed by atoms with E-state index in [-0.39, 0.29) is 5.82 Å². The van der Waals surface area contributed by atoms with E-state index in [4.69, 9.17) is 11.6 Å². The van der Waals surface area contributed by atoms with Gasteiger partial charge < -0.3 is 14.7 Å². The average Bonchev–Trinajstić information content (AvgIpc) is 2.84. The maximum Gasteiger partial charge on any atom is 0.419 e. The molecule has 4 rings (SSSR count). The fourth-order valence-electron chi connectivity index (χ4n) is 3.82. The Morgan fingerprint density at radius 3 is 2.29 bits per heavy atom. The number of hydrogen-bond acceptors (Lipinski definition) is 7. The molecule has 0 aliphatic carbocycles. The van der Waals surface area contributed by atoms with Gasteiger partial charge in [0.25, 0.3) is 0 Å². The number of piperazine rings is 1. The number of benzene rings is 1. The second-order valence-electron chi connectivity index (χ2n) is 8.03. The van der Waals surface area contributed by atoms with Crippen molar-refractivity contribution in [1.82, 2.24) is 19.9 Å². The Bertz CT molecular complexity index is 1120. The summed E-state index contributed by atoms with van der Waals surface area (Å²) < 4.78 is 40.3. The molecule has 0 N–H and O–H groups in total. The molecule has 7 nitrogen and oxygen atoms in total. The van der Waals surface area contributed by atoms with Crippen LogP contribution >= 0.6 is 11.6 Å². The van der Waals surface area contributed by atoms with Crippen molar-refractivity contribution in [2.24, 2.45) is 0 Å². The van der Waals surface area contributed by atoms with Gasteiger partial charge in [0.2, 0.25) is 11.9 Å². The summed E-state index contributed by atoms with van der Waals surface area (Å²) in [6.07, 6.45) is -2.14. The third-order valence-electron chi connectivity index (χ3n) is 5.57. The van der Waals surface area contributed by atoms with Gasteiger partial charge in [-0.25, -0.2) is 4.98 Å². The first-order valence-corrected chi connectivity index (χ1v) is 11.4. The Hall–Kier alpha value is -3.14. The van der Waals surface area contributed by atoms with Crippen molar-refractivity contribution in [3.05, 3.63) is 53.2 Å². The van der Waals surface area contributed by atoms with Crippen LogP contribution in [0.2, 0.25) is 5.02 Å². The summed E-state index contributed by atoms with van der Waals surface area (Å²) >= 11 is 6.03. The van der Waals surface area contributed by atoms with Crippen LogP contribution in [0.15, 0.2) is 42.6 Å². The predicted molar refractivity (Wildman–Crippen MR) is 127 cm³/mol. The molecule has 0 saturated carbocycles. The lowest BCUT2D eigenvalue weighted by Crippen LogP contribution is -2.48. The Balaban J connectivity index is 1.60. The minimum atomic E-state index is -4.46.